The van der Waals surface area contributed by atoms with E-state index in [-0.39, 0.29) is 11.9 Å². The predicted molar refractivity (Wildman–Crippen MR) is 165 cm³/mol. The molecule has 0 bridgehead atoms. The van der Waals surface area contributed by atoms with Gasteiger partial charge in [-0.05, 0) is 86.5 Å². The lowest BCUT2D eigenvalue weighted by molar-refractivity contribution is -0.120. The Morgan fingerprint density at radius 1 is 0.951 bits per heavy atom. The van der Waals surface area contributed by atoms with Crippen molar-refractivity contribution in [3.8, 4) is 22.6 Å². The molecule has 1 aromatic heterocycles. The van der Waals surface area contributed by atoms with Gasteiger partial charge in [0.1, 0.15) is 0 Å². The molecule has 218 valence electrons. The minimum atomic E-state index is 0.0529. The Bertz CT molecular complexity index is 1280. The van der Waals surface area contributed by atoms with Crippen LogP contribution in [0, 0.1) is 5.92 Å². The summed E-state index contributed by atoms with van der Waals surface area (Å²) in [5.41, 5.74) is 3.18. The molecule has 41 heavy (non-hydrogen) atoms. The average molecular weight is 595 g/mol. The zero-order chi connectivity index (χ0) is 28.6. The van der Waals surface area contributed by atoms with E-state index < -0.39 is 0 Å². The summed E-state index contributed by atoms with van der Waals surface area (Å²) in [5.74, 6) is 2.40. The number of hydrogen-bond donors (Lipinski definition) is 1. The van der Waals surface area contributed by atoms with Crippen LogP contribution in [0.25, 0.3) is 11.1 Å². The maximum atomic E-state index is 13.0. The topological polar surface area (TPSA) is 76.6 Å². The first kappa shape index (κ1) is 29.7. The molecule has 3 aromatic rings. The monoisotopic (exact) mass is 594 g/mol. The van der Waals surface area contributed by atoms with Crippen molar-refractivity contribution in [3.63, 3.8) is 0 Å². The van der Waals surface area contributed by atoms with Gasteiger partial charge in [-0.2, -0.15) is 0 Å². The standard InChI is InChI=1S/C32H39ClN4O3S/c1-39-29-12-9-24(18-30(29)40-2)25-19-34-32(35-20-25)41-21-31(38)36-27-5-3-4-6-28(27)37-15-13-23(14-16-37)17-22-7-10-26(33)11-8-22/h7-12,18-20,23,27-28H,3-6,13-17,21H2,1-2H3,(H,36,38). The van der Waals surface area contributed by atoms with Crippen LogP contribution in [0.3, 0.4) is 0 Å². The van der Waals surface area contributed by atoms with Crippen LogP contribution < -0.4 is 14.8 Å². The number of ether oxygens (including phenoxy) is 2. The van der Waals surface area contributed by atoms with Crippen molar-refractivity contribution in [1.29, 1.82) is 0 Å². The summed E-state index contributed by atoms with van der Waals surface area (Å²) in [5, 5.41) is 4.74. The molecular formula is C32H39ClN4O3S. The molecule has 2 aromatic carbocycles. The van der Waals surface area contributed by atoms with Crippen LogP contribution in [0.15, 0.2) is 60.0 Å². The minimum absolute atomic E-state index is 0.0529. The third-order valence-electron chi connectivity index (χ3n) is 8.31. The number of halogens is 1. The van der Waals surface area contributed by atoms with E-state index >= 15 is 0 Å². The first-order valence-corrected chi connectivity index (χ1v) is 15.8. The second-order valence-corrected chi connectivity index (χ2v) is 12.3. The molecule has 0 radical (unpaired) electrons. The van der Waals surface area contributed by atoms with Crippen LogP contribution in [0.2, 0.25) is 5.02 Å². The molecule has 1 aliphatic carbocycles. The molecule has 7 nitrogen and oxygen atoms in total. The Kier molecular flexibility index (Phi) is 10.4. The summed E-state index contributed by atoms with van der Waals surface area (Å²) in [6.45, 7) is 2.20. The Labute approximate surface area is 252 Å². The molecule has 2 fully saturated rings. The fraction of sp³-hybridized carbons (Fsp3) is 0.469. The molecule has 2 unspecified atom stereocenters. The van der Waals surface area contributed by atoms with Crippen LogP contribution in [0.5, 0.6) is 11.5 Å². The maximum absolute atomic E-state index is 13.0. The molecule has 0 spiro atoms. The van der Waals surface area contributed by atoms with Crippen LogP contribution in [0.1, 0.15) is 44.1 Å². The number of rotatable bonds is 10. The summed E-state index contributed by atoms with van der Waals surface area (Å²) >= 11 is 7.43. The SMILES string of the molecule is COc1ccc(-c2cnc(SCC(=O)NC3CCCCC3N3CCC(Cc4ccc(Cl)cc4)CC3)nc2)cc1OC. The van der Waals surface area contributed by atoms with Gasteiger partial charge in [-0.3, -0.25) is 9.69 Å². The van der Waals surface area contributed by atoms with Gasteiger partial charge in [0.2, 0.25) is 5.91 Å². The first-order valence-electron chi connectivity index (χ1n) is 14.5. The first-order chi connectivity index (χ1) is 20.0. The second kappa shape index (κ2) is 14.4. The van der Waals surface area contributed by atoms with Gasteiger partial charge in [-0.15, -0.1) is 0 Å². The Balaban J connectivity index is 1.10. The van der Waals surface area contributed by atoms with Gasteiger partial charge in [0.25, 0.3) is 0 Å². The van der Waals surface area contributed by atoms with Crippen molar-refractivity contribution >= 4 is 29.3 Å². The fourth-order valence-corrected chi connectivity index (χ4v) is 6.82. The van der Waals surface area contributed by atoms with Crippen molar-refractivity contribution in [2.45, 2.75) is 62.2 Å². The van der Waals surface area contributed by atoms with Crippen molar-refractivity contribution in [3.05, 3.63) is 65.4 Å². The van der Waals surface area contributed by atoms with Crippen molar-refractivity contribution in [2.75, 3.05) is 33.1 Å². The molecule has 9 heteroatoms. The molecule has 1 aliphatic heterocycles. The largest absolute Gasteiger partial charge is 0.493 e. The van der Waals surface area contributed by atoms with Crippen molar-refractivity contribution < 1.29 is 14.3 Å². The van der Waals surface area contributed by atoms with Crippen LogP contribution >= 0.6 is 23.4 Å². The lowest BCUT2D eigenvalue weighted by atomic mass is 9.85. The van der Waals surface area contributed by atoms with Gasteiger partial charge in [0.05, 0.1) is 20.0 Å². The minimum Gasteiger partial charge on any atom is -0.493 e. The summed E-state index contributed by atoms with van der Waals surface area (Å²) < 4.78 is 10.7. The van der Waals surface area contributed by atoms with E-state index in [1.54, 1.807) is 26.6 Å². The predicted octanol–water partition coefficient (Wildman–Crippen LogP) is 6.29. The molecule has 2 atom stereocenters. The number of thioether (sulfide) groups is 1. The second-order valence-electron chi connectivity index (χ2n) is 10.9. The Morgan fingerprint density at radius 2 is 1.66 bits per heavy atom. The van der Waals surface area contributed by atoms with E-state index in [0.29, 0.717) is 34.4 Å². The number of likely N-dealkylation sites (tertiary alicyclic amines) is 1. The number of carbonyl (C=O) groups is 1. The van der Waals surface area contributed by atoms with Gasteiger partial charge < -0.3 is 14.8 Å². The molecule has 2 heterocycles. The summed E-state index contributed by atoms with van der Waals surface area (Å²) in [4.78, 5) is 24.6. The number of nitrogens with one attached hydrogen (secondary N) is 1. The highest BCUT2D eigenvalue weighted by atomic mass is 35.5. The number of amides is 1. The number of piperidine rings is 1. The van der Waals surface area contributed by atoms with Gasteiger partial charge in [-0.1, -0.05) is 54.4 Å². The van der Waals surface area contributed by atoms with Crippen molar-refractivity contribution in [1.82, 2.24) is 20.2 Å². The normalized spacial score (nSPS) is 20.0. The number of nitrogens with zero attached hydrogens (tertiary/aromatic N) is 3. The van der Waals surface area contributed by atoms with Gasteiger partial charge in [-0.25, -0.2) is 9.97 Å². The molecule has 1 saturated heterocycles. The number of benzene rings is 2. The third-order valence-corrected chi connectivity index (χ3v) is 9.44. The lowest BCUT2D eigenvalue weighted by Gasteiger charge is -2.43. The highest BCUT2D eigenvalue weighted by Gasteiger charge is 2.33. The van der Waals surface area contributed by atoms with Gasteiger partial charge in [0.15, 0.2) is 16.7 Å². The number of carbonyl (C=O) groups excluding carboxylic acids is 1. The maximum Gasteiger partial charge on any atom is 0.230 e. The highest BCUT2D eigenvalue weighted by molar-refractivity contribution is 7.99. The summed E-state index contributed by atoms with van der Waals surface area (Å²) in [7, 11) is 3.23. The number of hydrogen-bond acceptors (Lipinski definition) is 7. The zero-order valence-electron chi connectivity index (χ0n) is 23.9. The zero-order valence-corrected chi connectivity index (χ0v) is 25.4. The van der Waals surface area contributed by atoms with E-state index in [1.165, 1.54) is 43.0 Å². The van der Waals surface area contributed by atoms with E-state index in [2.05, 4.69) is 32.3 Å². The Morgan fingerprint density at radius 3 is 2.37 bits per heavy atom. The molecule has 1 amide bonds. The van der Waals surface area contributed by atoms with E-state index in [1.807, 2.05) is 30.3 Å². The third kappa shape index (κ3) is 7.93. The van der Waals surface area contributed by atoms with Crippen LogP contribution in [-0.4, -0.2) is 65.9 Å². The molecular weight excluding hydrogens is 556 g/mol. The summed E-state index contributed by atoms with van der Waals surface area (Å²) in [6.07, 6.45) is 11.7. The molecule has 1 N–H and O–H groups in total. The highest BCUT2D eigenvalue weighted by Crippen LogP contribution is 2.32. The number of aromatic nitrogens is 2. The van der Waals surface area contributed by atoms with E-state index in [4.69, 9.17) is 21.1 Å². The van der Waals surface area contributed by atoms with E-state index in [0.717, 1.165) is 48.5 Å². The Hall–Kier alpha value is -2.81. The lowest BCUT2D eigenvalue weighted by Crippen LogP contribution is -2.55. The smallest absolute Gasteiger partial charge is 0.230 e. The molecule has 5 rings (SSSR count). The number of methoxy groups -OCH3 is 2. The van der Waals surface area contributed by atoms with E-state index in [9.17, 15) is 4.79 Å². The summed E-state index contributed by atoms with van der Waals surface area (Å²) in [6, 6.07) is 14.6. The van der Waals surface area contributed by atoms with Crippen LogP contribution in [-0.2, 0) is 11.2 Å². The molecule has 1 saturated carbocycles. The van der Waals surface area contributed by atoms with Crippen LogP contribution in [0.4, 0.5) is 0 Å². The van der Waals surface area contributed by atoms with Crippen molar-refractivity contribution in [2.24, 2.45) is 5.92 Å². The fourth-order valence-electron chi connectivity index (χ4n) is 6.09. The quantitative estimate of drug-likeness (QED) is 0.218. The van der Waals surface area contributed by atoms with Gasteiger partial charge >= 0.3 is 0 Å². The average Bonchev–Trinajstić information content (AvgIpc) is 3.02. The molecule has 2 aliphatic rings. The van der Waals surface area contributed by atoms with Gasteiger partial charge in [0, 0.05) is 35.1 Å².